The van der Waals surface area contributed by atoms with Crippen molar-refractivity contribution in [3.63, 3.8) is 0 Å². The zero-order chi connectivity index (χ0) is 16.8. The van der Waals surface area contributed by atoms with E-state index in [4.69, 9.17) is 5.73 Å². The number of carbonyl (C=O) groups excluding carboxylic acids is 1. The van der Waals surface area contributed by atoms with Crippen LogP contribution in [0, 0.1) is 6.92 Å². The molecular formula is C14H16F3N3O2S. The third-order valence-corrected chi connectivity index (χ3v) is 4.82. The van der Waals surface area contributed by atoms with E-state index < -0.39 is 11.9 Å². The number of thiophene rings is 1. The molecule has 1 atom stereocenters. The molecule has 0 bridgehead atoms. The van der Waals surface area contributed by atoms with Crippen molar-refractivity contribution in [1.82, 2.24) is 10.1 Å². The molecule has 2 aromatic heterocycles. The lowest BCUT2D eigenvalue weighted by Crippen LogP contribution is -2.31. The standard InChI is InChI=1S/C14H14F3N3O2S.H2/c1-7-11(19-22-12(7)14(15,16)17)9-2-3-10(23-9)13(21)20-5-4-8(18)6-20;/h2-3,8H,4-6,18H2,1H3;1H/t8-;/m0./s1. The van der Waals surface area contributed by atoms with E-state index in [-0.39, 0.29) is 24.6 Å². The lowest BCUT2D eigenvalue weighted by Gasteiger charge is -2.14. The number of alkyl halides is 3. The van der Waals surface area contributed by atoms with Gasteiger partial charge in [0.25, 0.3) is 5.91 Å². The van der Waals surface area contributed by atoms with Gasteiger partial charge in [-0.1, -0.05) is 5.16 Å². The van der Waals surface area contributed by atoms with Crippen molar-refractivity contribution in [2.75, 3.05) is 13.1 Å². The van der Waals surface area contributed by atoms with Gasteiger partial charge < -0.3 is 15.2 Å². The number of carbonyl (C=O) groups is 1. The molecule has 3 rings (SSSR count). The van der Waals surface area contributed by atoms with Crippen LogP contribution in [-0.4, -0.2) is 35.1 Å². The summed E-state index contributed by atoms with van der Waals surface area (Å²) in [5, 5.41) is 3.51. The maximum atomic E-state index is 12.7. The van der Waals surface area contributed by atoms with Crippen molar-refractivity contribution in [1.29, 1.82) is 0 Å². The molecule has 9 heteroatoms. The average molecular weight is 347 g/mol. The van der Waals surface area contributed by atoms with Gasteiger partial charge >= 0.3 is 6.18 Å². The quantitative estimate of drug-likeness (QED) is 0.906. The third kappa shape index (κ3) is 2.98. The van der Waals surface area contributed by atoms with Crippen molar-refractivity contribution in [3.8, 4) is 10.6 Å². The van der Waals surface area contributed by atoms with Crippen LogP contribution < -0.4 is 5.73 Å². The van der Waals surface area contributed by atoms with E-state index in [9.17, 15) is 18.0 Å². The van der Waals surface area contributed by atoms with Crippen LogP contribution in [0.1, 0.15) is 28.8 Å². The second-order valence-corrected chi connectivity index (χ2v) is 6.53. The van der Waals surface area contributed by atoms with Crippen molar-refractivity contribution in [2.45, 2.75) is 25.6 Å². The van der Waals surface area contributed by atoms with Gasteiger partial charge in [-0.3, -0.25) is 4.79 Å². The lowest BCUT2D eigenvalue weighted by atomic mass is 10.2. The summed E-state index contributed by atoms with van der Waals surface area (Å²) in [5.41, 5.74) is 5.81. The van der Waals surface area contributed by atoms with Crippen LogP contribution in [0.5, 0.6) is 0 Å². The maximum absolute atomic E-state index is 12.7. The number of halogens is 3. The molecule has 1 aliphatic heterocycles. The number of hydrogen-bond acceptors (Lipinski definition) is 5. The Morgan fingerprint density at radius 1 is 1.52 bits per heavy atom. The van der Waals surface area contributed by atoms with Gasteiger partial charge in [-0.25, -0.2) is 0 Å². The second-order valence-electron chi connectivity index (χ2n) is 5.45. The van der Waals surface area contributed by atoms with E-state index in [0.717, 1.165) is 17.8 Å². The number of nitrogens with zero attached hydrogens (tertiary/aromatic N) is 2. The highest BCUT2D eigenvalue weighted by atomic mass is 32.1. The second kappa shape index (κ2) is 5.64. The highest BCUT2D eigenvalue weighted by Gasteiger charge is 2.39. The summed E-state index contributed by atoms with van der Waals surface area (Å²) in [6.07, 6.45) is -3.84. The molecule has 0 aliphatic carbocycles. The fraction of sp³-hybridized carbons (Fsp3) is 0.429. The van der Waals surface area contributed by atoms with Crippen LogP contribution in [-0.2, 0) is 6.18 Å². The number of hydrogen-bond donors (Lipinski definition) is 1. The predicted molar refractivity (Wildman–Crippen MR) is 80.2 cm³/mol. The van der Waals surface area contributed by atoms with Gasteiger partial charge in [0.2, 0.25) is 5.76 Å². The molecule has 126 valence electrons. The third-order valence-electron chi connectivity index (χ3n) is 3.74. The van der Waals surface area contributed by atoms with Gasteiger partial charge in [-0.2, -0.15) is 13.2 Å². The summed E-state index contributed by atoms with van der Waals surface area (Å²) in [4.78, 5) is 14.9. The van der Waals surface area contributed by atoms with Crippen molar-refractivity contribution in [3.05, 3.63) is 28.3 Å². The minimum absolute atomic E-state index is 0. The average Bonchev–Trinajstić information content (AvgIpc) is 3.15. The number of rotatable bonds is 2. The Hall–Kier alpha value is -1.87. The molecule has 2 aromatic rings. The molecule has 1 fully saturated rings. The summed E-state index contributed by atoms with van der Waals surface area (Å²) in [7, 11) is 0. The van der Waals surface area contributed by atoms with Crippen molar-refractivity contribution in [2.24, 2.45) is 5.73 Å². The van der Waals surface area contributed by atoms with Crippen molar-refractivity contribution >= 4 is 17.2 Å². The fourth-order valence-corrected chi connectivity index (χ4v) is 3.55. The fourth-order valence-electron chi connectivity index (χ4n) is 2.54. The van der Waals surface area contributed by atoms with Crippen LogP contribution in [0.15, 0.2) is 16.7 Å². The van der Waals surface area contributed by atoms with Gasteiger partial charge in [0.1, 0.15) is 5.69 Å². The van der Waals surface area contributed by atoms with Gasteiger partial charge in [-0.15, -0.1) is 11.3 Å². The number of aromatic nitrogens is 1. The van der Waals surface area contributed by atoms with E-state index >= 15 is 0 Å². The first-order valence-corrected chi connectivity index (χ1v) is 7.77. The highest BCUT2D eigenvalue weighted by Crippen LogP contribution is 2.38. The molecule has 0 saturated carbocycles. The summed E-state index contributed by atoms with van der Waals surface area (Å²) in [5.74, 6) is -1.27. The zero-order valence-corrected chi connectivity index (χ0v) is 13.0. The first-order chi connectivity index (χ1) is 10.8. The Morgan fingerprint density at radius 2 is 2.26 bits per heavy atom. The molecule has 1 saturated heterocycles. The van der Waals surface area contributed by atoms with E-state index in [2.05, 4.69) is 9.68 Å². The lowest BCUT2D eigenvalue weighted by molar-refractivity contribution is -0.156. The van der Waals surface area contributed by atoms with Crippen LogP contribution >= 0.6 is 11.3 Å². The zero-order valence-electron chi connectivity index (χ0n) is 12.2. The minimum Gasteiger partial charge on any atom is -0.351 e. The number of nitrogens with two attached hydrogens (primary N) is 1. The molecule has 23 heavy (non-hydrogen) atoms. The molecule has 0 spiro atoms. The van der Waals surface area contributed by atoms with Crippen LogP contribution in [0.4, 0.5) is 13.2 Å². The van der Waals surface area contributed by atoms with Gasteiger partial charge in [0, 0.05) is 26.1 Å². The van der Waals surface area contributed by atoms with E-state index in [1.165, 1.54) is 6.92 Å². The Balaban J connectivity index is 0.00000208. The molecule has 3 heterocycles. The maximum Gasteiger partial charge on any atom is 0.452 e. The van der Waals surface area contributed by atoms with Crippen LogP contribution in [0.3, 0.4) is 0 Å². The first kappa shape index (κ1) is 16.0. The first-order valence-electron chi connectivity index (χ1n) is 6.96. The Labute approximate surface area is 135 Å². The Morgan fingerprint density at radius 3 is 2.83 bits per heavy atom. The summed E-state index contributed by atoms with van der Waals surface area (Å²) in [6.45, 7) is 2.39. The summed E-state index contributed by atoms with van der Waals surface area (Å²) in [6, 6.07) is 3.15. The Kier molecular flexibility index (Phi) is 3.93. The van der Waals surface area contributed by atoms with E-state index in [0.29, 0.717) is 22.8 Å². The monoisotopic (exact) mass is 347 g/mol. The molecule has 0 radical (unpaired) electrons. The van der Waals surface area contributed by atoms with Gasteiger partial charge in [0.05, 0.1) is 9.75 Å². The minimum atomic E-state index is -4.59. The normalized spacial score (nSPS) is 18.7. The number of likely N-dealkylation sites (tertiary alicyclic amines) is 1. The molecule has 0 aromatic carbocycles. The number of amides is 1. The van der Waals surface area contributed by atoms with E-state index in [1.54, 1.807) is 17.0 Å². The predicted octanol–water partition coefficient (Wildman–Crippen LogP) is 3.15. The van der Waals surface area contributed by atoms with Crippen molar-refractivity contribution < 1.29 is 23.9 Å². The Bertz CT molecular complexity index is 744. The largest absolute Gasteiger partial charge is 0.452 e. The molecule has 1 aliphatic rings. The summed E-state index contributed by atoms with van der Waals surface area (Å²) >= 11 is 1.10. The molecule has 5 nitrogen and oxygen atoms in total. The molecule has 0 unspecified atom stereocenters. The topological polar surface area (TPSA) is 72.4 Å². The van der Waals surface area contributed by atoms with Gasteiger partial charge in [-0.05, 0) is 25.5 Å². The molecule has 2 N–H and O–H groups in total. The van der Waals surface area contributed by atoms with Crippen LogP contribution in [0.2, 0.25) is 0 Å². The molecular weight excluding hydrogens is 331 g/mol. The highest BCUT2D eigenvalue weighted by molar-refractivity contribution is 7.17. The smallest absolute Gasteiger partial charge is 0.351 e. The van der Waals surface area contributed by atoms with E-state index in [1.807, 2.05) is 0 Å². The molecule has 1 amide bonds. The van der Waals surface area contributed by atoms with Crippen LogP contribution in [0.25, 0.3) is 10.6 Å². The SMILES string of the molecule is Cc1c(-c2ccc(C(=O)N3CC[C@H](N)C3)s2)noc1C(F)(F)F.[HH]. The van der Waals surface area contributed by atoms with Gasteiger partial charge in [0.15, 0.2) is 0 Å². The summed E-state index contributed by atoms with van der Waals surface area (Å²) < 4.78 is 42.7.